The molecule has 0 saturated carbocycles. The highest BCUT2D eigenvalue weighted by Gasteiger charge is 2.03. The van der Waals surface area contributed by atoms with Gasteiger partial charge < -0.3 is 15.4 Å². The van der Waals surface area contributed by atoms with Crippen LogP contribution in [0.5, 0.6) is 5.75 Å². The first-order chi connectivity index (χ1) is 14.0. The number of nitrogens with one attached hydrogen (secondary N) is 3. The molecule has 2 aromatic carbocycles. The van der Waals surface area contributed by atoms with E-state index in [1.807, 2.05) is 55.5 Å². The molecule has 3 N–H and O–H groups in total. The van der Waals surface area contributed by atoms with E-state index < -0.39 is 0 Å². The molecule has 0 spiro atoms. The smallest absolute Gasteiger partial charge is 0.250 e. The van der Waals surface area contributed by atoms with Crippen LogP contribution in [0.4, 0.5) is 5.69 Å². The van der Waals surface area contributed by atoms with Crippen molar-refractivity contribution in [3.05, 3.63) is 65.7 Å². The first-order valence-corrected chi connectivity index (χ1v) is 9.73. The number of benzene rings is 2. The molecular weight excluding hydrogens is 386 g/mol. The Morgan fingerprint density at radius 3 is 2.38 bits per heavy atom. The van der Waals surface area contributed by atoms with Crippen LogP contribution in [0.2, 0.25) is 0 Å². The number of thiocarbonyl (C=S) groups is 1. The third-order valence-corrected chi connectivity index (χ3v) is 4.19. The number of rotatable bonds is 8. The van der Waals surface area contributed by atoms with E-state index in [1.54, 1.807) is 13.1 Å². The molecule has 6 nitrogen and oxygen atoms in total. The third kappa shape index (κ3) is 8.15. The first-order valence-electron chi connectivity index (χ1n) is 9.32. The van der Waals surface area contributed by atoms with Gasteiger partial charge in [-0.15, -0.1) is 0 Å². The fourth-order valence-electron chi connectivity index (χ4n) is 2.47. The molecule has 29 heavy (non-hydrogen) atoms. The molecule has 0 aromatic heterocycles. The summed E-state index contributed by atoms with van der Waals surface area (Å²) >= 11 is 5.18. The van der Waals surface area contributed by atoms with Gasteiger partial charge in [-0.3, -0.25) is 14.9 Å². The van der Waals surface area contributed by atoms with Gasteiger partial charge in [0.1, 0.15) is 5.75 Å². The molecule has 0 heterocycles. The maximum absolute atomic E-state index is 12.0. The summed E-state index contributed by atoms with van der Waals surface area (Å²) in [5.74, 6) is 0.479. The van der Waals surface area contributed by atoms with E-state index in [2.05, 4.69) is 16.0 Å². The molecule has 2 rings (SSSR count). The predicted octanol–water partition coefficient (Wildman–Crippen LogP) is 3.29. The van der Waals surface area contributed by atoms with E-state index in [0.717, 1.165) is 22.6 Å². The van der Waals surface area contributed by atoms with Gasteiger partial charge in [0, 0.05) is 25.2 Å². The number of hydrogen-bond acceptors (Lipinski definition) is 4. The van der Waals surface area contributed by atoms with Crippen molar-refractivity contribution >= 4 is 40.9 Å². The summed E-state index contributed by atoms with van der Waals surface area (Å²) in [5, 5.41) is 8.39. The maximum atomic E-state index is 12.0. The van der Waals surface area contributed by atoms with Crippen molar-refractivity contribution in [1.82, 2.24) is 10.6 Å². The molecule has 2 aromatic rings. The minimum absolute atomic E-state index is 0.00869. The van der Waals surface area contributed by atoms with Crippen molar-refractivity contribution in [2.75, 3.05) is 19.0 Å². The van der Waals surface area contributed by atoms with Crippen LogP contribution < -0.4 is 20.7 Å². The Morgan fingerprint density at radius 2 is 1.76 bits per heavy atom. The first kappa shape index (κ1) is 22.1. The predicted molar refractivity (Wildman–Crippen MR) is 120 cm³/mol. The SMILES string of the molecule is CCOc1ccc(/C=C/C(=O)NC(=S)Nc2ccc(CCC(=O)NC)cc2)cc1. The molecule has 0 aliphatic carbocycles. The molecule has 0 bridgehead atoms. The van der Waals surface area contributed by atoms with Gasteiger partial charge in [0.25, 0.3) is 0 Å². The van der Waals surface area contributed by atoms with E-state index in [-0.39, 0.29) is 16.9 Å². The van der Waals surface area contributed by atoms with Crippen molar-refractivity contribution in [3.8, 4) is 5.75 Å². The molecule has 0 radical (unpaired) electrons. The van der Waals surface area contributed by atoms with Crippen molar-refractivity contribution < 1.29 is 14.3 Å². The van der Waals surface area contributed by atoms with Gasteiger partial charge in [0.2, 0.25) is 11.8 Å². The Labute approximate surface area is 176 Å². The standard InChI is InChI=1S/C22H25N3O3S/c1-3-28-19-12-6-17(7-13-19)9-15-21(27)25-22(29)24-18-10-4-16(5-11-18)8-14-20(26)23-2/h4-7,9-13,15H,3,8,14H2,1-2H3,(H,23,26)(H2,24,25,27,29)/b15-9+. The minimum atomic E-state index is -0.321. The summed E-state index contributed by atoms with van der Waals surface area (Å²) in [6, 6.07) is 15.0. The van der Waals surface area contributed by atoms with Crippen molar-refractivity contribution in [3.63, 3.8) is 0 Å². The van der Waals surface area contributed by atoms with Gasteiger partial charge in [-0.1, -0.05) is 24.3 Å². The normalized spacial score (nSPS) is 10.4. The lowest BCUT2D eigenvalue weighted by atomic mass is 10.1. The molecule has 2 amide bonds. The lowest BCUT2D eigenvalue weighted by molar-refractivity contribution is -0.120. The summed E-state index contributed by atoms with van der Waals surface area (Å²) < 4.78 is 5.39. The number of hydrogen-bond donors (Lipinski definition) is 3. The molecule has 0 unspecified atom stereocenters. The van der Waals surface area contributed by atoms with Crippen LogP contribution in [-0.2, 0) is 16.0 Å². The summed E-state index contributed by atoms with van der Waals surface area (Å²) in [6.45, 7) is 2.54. The average molecular weight is 412 g/mol. The van der Waals surface area contributed by atoms with Crippen LogP contribution >= 0.6 is 12.2 Å². The Balaban J connectivity index is 1.80. The highest BCUT2D eigenvalue weighted by Crippen LogP contribution is 2.13. The van der Waals surface area contributed by atoms with Gasteiger partial charge in [-0.05, 0) is 67.0 Å². The second-order valence-electron chi connectivity index (χ2n) is 6.15. The number of ether oxygens (including phenoxy) is 1. The van der Waals surface area contributed by atoms with Crippen LogP contribution in [-0.4, -0.2) is 30.6 Å². The Hall–Kier alpha value is -3.19. The molecule has 0 aliphatic heterocycles. The van der Waals surface area contributed by atoms with E-state index >= 15 is 0 Å². The van der Waals surface area contributed by atoms with Crippen molar-refractivity contribution in [1.29, 1.82) is 0 Å². The largest absolute Gasteiger partial charge is 0.494 e. The Kier molecular flexibility index (Phi) is 8.85. The molecule has 0 atom stereocenters. The second-order valence-corrected chi connectivity index (χ2v) is 6.56. The van der Waals surface area contributed by atoms with Crippen LogP contribution in [0, 0.1) is 0 Å². The minimum Gasteiger partial charge on any atom is -0.494 e. The van der Waals surface area contributed by atoms with E-state index in [9.17, 15) is 9.59 Å². The fourth-order valence-corrected chi connectivity index (χ4v) is 2.69. The topological polar surface area (TPSA) is 79.5 Å². The Bertz CT molecular complexity index is 862. The lowest BCUT2D eigenvalue weighted by Crippen LogP contribution is -2.32. The number of aryl methyl sites for hydroxylation is 1. The van der Waals surface area contributed by atoms with Crippen LogP contribution in [0.15, 0.2) is 54.6 Å². The molecule has 7 heteroatoms. The van der Waals surface area contributed by atoms with E-state index in [4.69, 9.17) is 17.0 Å². The number of amides is 2. The number of anilines is 1. The van der Waals surface area contributed by atoms with Gasteiger partial charge >= 0.3 is 0 Å². The second kappa shape index (κ2) is 11.6. The van der Waals surface area contributed by atoms with Gasteiger partial charge in [0.15, 0.2) is 5.11 Å². The van der Waals surface area contributed by atoms with Gasteiger partial charge in [-0.25, -0.2) is 0 Å². The van der Waals surface area contributed by atoms with Gasteiger partial charge in [-0.2, -0.15) is 0 Å². The maximum Gasteiger partial charge on any atom is 0.250 e. The van der Waals surface area contributed by atoms with Crippen molar-refractivity contribution in [2.24, 2.45) is 0 Å². The zero-order valence-corrected chi connectivity index (χ0v) is 17.3. The van der Waals surface area contributed by atoms with Crippen LogP contribution in [0.3, 0.4) is 0 Å². The quantitative estimate of drug-likeness (QED) is 0.459. The molecule has 0 aliphatic rings. The number of carbonyl (C=O) groups is 2. The van der Waals surface area contributed by atoms with Crippen LogP contribution in [0.1, 0.15) is 24.5 Å². The van der Waals surface area contributed by atoms with Gasteiger partial charge in [0.05, 0.1) is 6.61 Å². The molecule has 152 valence electrons. The van der Waals surface area contributed by atoms with E-state index in [1.165, 1.54) is 6.08 Å². The van der Waals surface area contributed by atoms with E-state index in [0.29, 0.717) is 19.4 Å². The lowest BCUT2D eigenvalue weighted by Gasteiger charge is -2.09. The molecular formula is C22H25N3O3S. The average Bonchev–Trinajstić information content (AvgIpc) is 2.72. The Morgan fingerprint density at radius 1 is 1.07 bits per heavy atom. The fraction of sp³-hybridized carbons (Fsp3) is 0.227. The number of carbonyl (C=O) groups excluding carboxylic acids is 2. The summed E-state index contributed by atoms with van der Waals surface area (Å²) in [6.07, 6.45) is 4.23. The molecule has 0 saturated heterocycles. The zero-order chi connectivity index (χ0) is 21.1. The highest BCUT2D eigenvalue weighted by atomic mass is 32.1. The molecule has 0 fully saturated rings. The monoisotopic (exact) mass is 411 g/mol. The van der Waals surface area contributed by atoms with Crippen molar-refractivity contribution in [2.45, 2.75) is 19.8 Å². The summed E-state index contributed by atoms with van der Waals surface area (Å²) in [4.78, 5) is 23.3. The highest BCUT2D eigenvalue weighted by molar-refractivity contribution is 7.80. The summed E-state index contributed by atoms with van der Waals surface area (Å²) in [5.41, 5.74) is 2.69. The zero-order valence-electron chi connectivity index (χ0n) is 16.5. The third-order valence-electron chi connectivity index (χ3n) is 3.99. The van der Waals surface area contributed by atoms with Crippen LogP contribution in [0.25, 0.3) is 6.08 Å². The summed E-state index contributed by atoms with van der Waals surface area (Å²) in [7, 11) is 1.62.